The predicted octanol–water partition coefficient (Wildman–Crippen LogP) is 0.384. The summed E-state index contributed by atoms with van der Waals surface area (Å²) in [5.41, 5.74) is 0. The van der Waals surface area contributed by atoms with Gasteiger partial charge in [0, 0.05) is 6.42 Å². The number of hydrogen-bond acceptors (Lipinski definition) is 4. The zero-order valence-electron chi connectivity index (χ0n) is 10.4. The van der Waals surface area contributed by atoms with Gasteiger partial charge in [-0.1, -0.05) is 45.4 Å². The third-order valence-electron chi connectivity index (χ3n) is 1.99. The van der Waals surface area contributed by atoms with Gasteiger partial charge in [0.05, 0.1) is 0 Å². The van der Waals surface area contributed by atoms with Crippen molar-refractivity contribution in [1.29, 1.82) is 0 Å². The summed E-state index contributed by atoms with van der Waals surface area (Å²) >= 11 is 0. The fraction of sp³-hybridized carbons (Fsp3) is 0.818. The molecule has 17 heavy (non-hydrogen) atoms. The Morgan fingerprint density at radius 2 is 1.29 bits per heavy atom. The first-order valence-electron chi connectivity index (χ1n) is 5.60. The molecule has 1 N–H and O–H groups in total. The van der Waals surface area contributed by atoms with Crippen LogP contribution in [0.5, 0.6) is 0 Å². The number of unbranched alkanes of at least 4 members (excludes halogenated alkanes) is 6. The Hall–Kier alpha value is -0.000260. The van der Waals surface area contributed by atoms with Crippen molar-refractivity contribution in [3.05, 3.63) is 0 Å². The Balaban J connectivity index is -0.000000340. The van der Waals surface area contributed by atoms with E-state index in [1.807, 2.05) is 0 Å². The van der Waals surface area contributed by atoms with Crippen molar-refractivity contribution >= 4 is 49.9 Å². The van der Waals surface area contributed by atoms with Gasteiger partial charge < -0.3 is 20.1 Å². The summed E-state index contributed by atoms with van der Waals surface area (Å²) in [6.07, 6.45) is 6.31. The second kappa shape index (κ2) is 18.4. The molecular formula is C11H20CaO5. The van der Waals surface area contributed by atoms with Gasteiger partial charge in [-0.05, 0) is 12.6 Å². The van der Waals surface area contributed by atoms with Crippen LogP contribution in [-0.4, -0.2) is 55.0 Å². The normalized spacial score (nSPS) is 8.53. The first-order chi connectivity index (χ1) is 7.50. The largest absolute Gasteiger partial charge is 2.00 e. The topological polar surface area (TPSA) is 100 Å². The molecule has 0 unspecified atom stereocenters. The molecule has 0 spiro atoms. The molecule has 5 nitrogen and oxygen atoms in total. The van der Waals surface area contributed by atoms with E-state index in [-0.39, 0.29) is 37.7 Å². The molecule has 0 aromatic heterocycles. The first-order valence-corrected chi connectivity index (χ1v) is 5.60. The van der Waals surface area contributed by atoms with Gasteiger partial charge in [-0.2, -0.15) is 0 Å². The van der Waals surface area contributed by atoms with Crippen molar-refractivity contribution in [3.63, 3.8) is 0 Å². The standard InChI is InChI=1S/C10H20O2.CH2O3.Ca/c1-2-3-4-5-6-7-8-9-10(11)12;2-1(3)4;/h2-9H2,1H3,(H,11,12);(H2,2,3,4);/q;;+2/p-2. The van der Waals surface area contributed by atoms with Crippen molar-refractivity contribution in [3.8, 4) is 0 Å². The van der Waals surface area contributed by atoms with Crippen molar-refractivity contribution in [2.24, 2.45) is 0 Å². The molecule has 0 saturated carbocycles. The fourth-order valence-corrected chi connectivity index (χ4v) is 1.23. The molecule has 0 saturated heterocycles. The van der Waals surface area contributed by atoms with E-state index in [0.717, 1.165) is 12.8 Å². The minimum absolute atomic E-state index is 0. The molecule has 0 aliphatic heterocycles. The van der Waals surface area contributed by atoms with E-state index in [1.165, 1.54) is 32.1 Å². The van der Waals surface area contributed by atoms with Gasteiger partial charge in [-0.25, -0.2) is 0 Å². The molecule has 0 rings (SSSR count). The van der Waals surface area contributed by atoms with E-state index in [4.69, 9.17) is 20.1 Å². The second-order valence-corrected chi connectivity index (χ2v) is 3.52. The Labute approximate surface area is 132 Å². The average molecular weight is 272 g/mol. The molecule has 0 atom stereocenters. The minimum atomic E-state index is -2.33. The van der Waals surface area contributed by atoms with E-state index in [0.29, 0.717) is 6.42 Å². The second-order valence-electron chi connectivity index (χ2n) is 3.52. The van der Waals surface area contributed by atoms with Gasteiger partial charge in [0.25, 0.3) is 0 Å². The van der Waals surface area contributed by atoms with Crippen LogP contribution in [0.3, 0.4) is 0 Å². The van der Waals surface area contributed by atoms with Crippen LogP contribution in [0.2, 0.25) is 0 Å². The number of aliphatic carboxylic acids is 1. The van der Waals surface area contributed by atoms with Crippen molar-refractivity contribution in [2.45, 2.75) is 58.3 Å². The zero-order valence-corrected chi connectivity index (χ0v) is 12.7. The van der Waals surface area contributed by atoms with Crippen LogP contribution < -0.4 is 10.2 Å². The van der Waals surface area contributed by atoms with Gasteiger partial charge in [0.1, 0.15) is 0 Å². The summed E-state index contributed by atoms with van der Waals surface area (Å²) in [4.78, 5) is 18.5. The van der Waals surface area contributed by atoms with Gasteiger partial charge in [0.15, 0.2) is 0 Å². The van der Waals surface area contributed by atoms with Crippen LogP contribution in [0.15, 0.2) is 0 Å². The summed E-state index contributed by atoms with van der Waals surface area (Å²) in [6.45, 7) is 2.20. The Morgan fingerprint density at radius 1 is 0.941 bits per heavy atom. The first kappa shape index (κ1) is 22.2. The molecule has 0 aliphatic rings. The monoisotopic (exact) mass is 272 g/mol. The molecule has 0 aromatic carbocycles. The quantitative estimate of drug-likeness (QED) is 0.508. The van der Waals surface area contributed by atoms with E-state index in [2.05, 4.69) is 6.92 Å². The Bertz CT molecular complexity index is 181. The Morgan fingerprint density at radius 3 is 1.65 bits per heavy atom. The van der Waals surface area contributed by atoms with Crippen LogP contribution >= 0.6 is 0 Å². The van der Waals surface area contributed by atoms with Crippen molar-refractivity contribution in [2.75, 3.05) is 0 Å². The minimum Gasteiger partial charge on any atom is -0.652 e. The maximum absolute atomic E-state index is 10.1. The fourth-order valence-electron chi connectivity index (χ4n) is 1.23. The molecule has 0 fully saturated rings. The van der Waals surface area contributed by atoms with Crippen LogP contribution in [0.1, 0.15) is 58.3 Å². The summed E-state index contributed by atoms with van der Waals surface area (Å²) in [5.74, 6) is -0.663. The number of carboxylic acids is 1. The van der Waals surface area contributed by atoms with E-state index < -0.39 is 12.1 Å². The number of hydrogen-bond donors (Lipinski definition) is 1. The summed E-state index contributed by atoms with van der Waals surface area (Å²) in [6, 6.07) is 0. The third-order valence-corrected chi connectivity index (χ3v) is 1.99. The van der Waals surface area contributed by atoms with E-state index in [9.17, 15) is 4.79 Å². The van der Waals surface area contributed by atoms with Crippen LogP contribution in [0, 0.1) is 0 Å². The Kier molecular flexibility index (Phi) is 24.0. The zero-order chi connectivity index (χ0) is 12.8. The van der Waals surface area contributed by atoms with Crippen LogP contribution in [0.4, 0.5) is 4.79 Å². The maximum atomic E-state index is 10.1. The number of carbonyl (C=O) groups excluding carboxylic acids is 1. The molecular weight excluding hydrogens is 252 g/mol. The smallest absolute Gasteiger partial charge is 0.652 e. The number of carbonyl (C=O) groups is 2. The summed E-state index contributed by atoms with van der Waals surface area (Å²) in [7, 11) is 0. The molecule has 0 heterocycles. The van der Waals surface area contributed by atoms with Gasteiger partial charge in [-0.15, -0.1) is 0 Å². The van der Waals surface area contributed by atoms with Gasteiger partial charge in [-0.3, -0.25) is 4.79 Å². The number of carboxylic acid groups (broad SMARTS) is 3. The molecule has 96 valence electrons. The van der Waals surface area contributed by atoms with Crippen molar-refractivity contribution in [1.82, 2.24) is 0 Å². The molecule has 6 heteroatoms. The van der Waals surface area contributed by atoms with Crippen LogP contribution in [-0.2, 0) is 4.79 Å². The maximum Gasteiger partial charge on any atom is 2.00 e. The van der Waals surface area contributed by atoms with Gasteiger partial charge in [0.2, 0.25) is 0 Å². The summed E-state index contributed by atoms with van der Waals surface area (Å²) < 4.78 is 0. The van der Waals surface area contributed by atoms with E-state index in [1.54, 1.807) is 0 Å². The summed E-state index contributed by atoms with van der Waals surface area (Å²) in [5, 5.41) is 25.0. The number of rotatable bonds is 8. The SMILES string of the molecule is CCCCCCCCCC(=O)O.O=C([O-])[O-].[Ca+2]. The van der Waals surface area contributed by atoms with Gasteiger partial charge >= 0.3 is 43.7 Å². The molecule has 0 radical (unpaired) electrons. The van der Waals surface area contributed by atoms with E-state index >= 15 is 0 Å². The molecule has 0 aromatic rings. The third kappa shape index (κ3) is 38.7. The average Bonchev–Trinajstić information content (AvgIpc) is 2.15. The molecule has 0 bridgehead atoms. The van der Waals surface area contributed by atoms with Crippen LogP contribution in [0.25, 0.3) is 0 Å². The predicted molar refractivity (Wildman–Crippen MR) is 61.4 cm³/mol. The van der Waals surface area contributed by atoms with Crippen molar-refractivity contribution < 1.29 is 24.9 Å². The molecule has 0 amide bonds. The molecule has 0 aliphatic carbocycles.